The van der Waals surface area contributed by atoms with Crippen molar-refractivity contribution in [2.24, 2.45) is 5.92 Å². The summed E-state index contributed by atoms with van der Waals surface area (Å²) in [4.78, 5) is 29.1. The molecule has 2 fully saturated rings. The molecule has 2 aliphatic rings. The Bertz CT molecular complexity index is 626. The van der Waals surface area contributed by atoms with Crippen molar-refractivity contribution in [3.63, 3.8) is 0 Å². The number of anilines is 1. The van der Waals surface area contributed by atoms with Crippen LogP contribution in [0, 0.1) is 19.8 Å². The zero-order valence-corrected chi connectivity index (χ0v) is 14.3. The Hall–Kier alpha value is -1.84. The van der Waals surface area contributed by atoms with Gasteiger partial charge in [0, 0.05) is 31.2 Å². The van der Waals surface area contributed by atoms with Gasteiger partial charge in [0.05, 0.1) is 5.92 Å². The molecule has 0 aromatic heterocycles. The van der Waals surface area contributed by atoms with Crippen LogP contribution in [0.2, 0.25) is 0 Å². The summed E-state index contributed by atoms with van der Waals surface area (Å²) in [6, 6.07) is 6.32. The minimum absolute atomic E-state index is 0.0710. The summed E-state index contributed by atoms with van der Waals surface area (Å²) in [6.45, 7) is 7.58. The molecule has 0 spiro atoms. The Labute approximate surface area is 138 Å². The van der Waals surface area contributed by atoms with Crippen molar-refractivity contribution in [2.45, 2.75) is 52.5 Å². The SMILES string of the molecule is Cc1cccc(N2C[C@H](C(=O)N3CCCC[C@@H]3C)CC2=O)c1C. The third-order valence-electron chi connectivity index (χ3n) is 5.43. The van der Waals surface area contributed by atoms with Gasteiger partial charge in [0.25, 0.3) is 0 Å². The molecule has 2 aliphatic heterocycles. The third kappa shape index (κ3) is 2.99. The van der Waals surface area contributed by atoms with E-state index in [1.165, 1.54) is 12.0 Å². The topological polar surface area (TPSA) is 40.6 Å². The Morgan fingerprint density at radius 2 is 2.00 bits per heavy atom. The first-order valence-corrected chi connectivity index (χ1v) is 8.66. The third-order valence-corrected chi connectivity index (χ3v) is 5.43. The van der Waals surface area contributed by atoms with Gasteiger partial charge in [0.1, 0.15) is 0 Å². The van der Waals surface area contributed by atoms with Gasteiger partial charge in [-0.1, -0.05) is 12.1 Å². The van der Waals surface area contributed by atoms with E-state index in [4.69, 9.17) is 0 Å². The van der Waals surface area contributed by atoms with E-state index in [1.807, 2.05) is 24.0 Å². The quantitative estimate of drug-likeness (QED) is 0.842. The van der Waals surface area contributed by atoms with Crippen LogP contribution in [0.4, 0.5) is 5.69 Å². The molecule has 0 N–H and O–H groups in total. The minimum atomic E-state index is -0.192. The van der Waals surface area contributed by atoms with E-state index in [0.29, 0.717) is 19.0 Å². The van der Waals surface area contributed by atoms with E-state index in [9.17, 15) is 9.59 Å². The van der Waals surface area contributed by atoms with Crippen LogP contribution >= 0.6 is 0 Å². The molecule has 0 aliphatic carbocycles. The molecule has 0 radical (unpaired) electrons. The normalized spacial score (nSPS) is 25.1. The lowest BCUT2D eigenvalue weighted by molar-refractivity contribution is -0.139. The molecular weight excluding hydrogens is 288 g/mol. The van der Waals surface area contributed by atoms with Crippen molar-refractivity contribution < 1.29 is 9.59 Å². The molecule has 2 saturated heterocycles. The summed E-state index contributed by atoms with van der Waals surface area (Å²) < 4.78 is 0. The Balaban J connectivity index is 1.77. The number of rotatable bonds is 2. The van der Waals surface area contributed by atoms with Crippen LogP contribution in [-0.2, 0) is 9.59 Å². The predicted octanol–water partition coefficient (Wildman–Crippen LogP) is 3.06. The highest BCUT2D eigenvalue weighted by atomic mass is 16.2. The van der Waals surface area contributed by atoms with Crippen LogP contribution in [0.3, 0.4) is 0 Å². The van der Waals surface area contributed by atoms with Crippen molar-refractivity contribution in [1.29, 1.82) is 0 Å². The van der Waals surface area contributed by atoms with Crippen LogP contribution in [0.25, 0.3) is 0 Å². The zero-order chi connectivity index (χ0) is 16.6. The van der Waals surface area contributed by atoms with Crippen molar-refractivity contribution in [3.8, 4) is 0 Å². The van der Waals surface area contributed by atoms with E-state index in [1.54, 1.807) is 4.90 Å². The first-order chi connectivity index (χ1) is 11.0. The molecule has 2 amide bonds. The van der Waals surface area contributed by atoms with E-state index in [2.05, 4.69) is 19.9 Å². The molecule has 0 saturated carbocycles. The lowest BCUT2D eigenvalue weighted by Gasteiger charge is -2.35. The predicted molar refractivity (Wildman–Crippen MR) is 91.4 cm³/mol. The highest BCUT2D eigenvalue weighted by Gasteiger charge is 2.39. The number of hydrogen-bond acceptors (Lipinski definition) is 2. The summed E-state index contributed by atoms with van der Waals surface area (Å²) in [6.07, 6.45) is 3.70. The van der Waals surface area contributed by atoms with E-state index < -0.39 is 0 Å². The van der Waals surface area contributed by atoms with Crippen molar-refractivity contribution in [1.82, 2.24) is 4.90 Å². The van der Waals surface area contributed by atoms with Gasteiger partial charge in [-0.15, -0.1) is 0 Å². The Morgan fingerprint density at radius 1 is 1.22 bits per heavy atom. The maximum absolute atomic E-state index is 12.8. The summed E-state index contributed by atoms with van der Waals surface area (Å²) in [7, 11) is 0. The Kier molecular flexibility index (Phi) is 4.42. The molecule has 4 heteroatoms. The second-order valence-electron chi connectivity index (χ2n) is 7.00. The van der Waals surface area contributed by atoms with Gasteiger partial charge in [0.2, 0.25) is 11.8 Å². The lowest BCUT2D eigenvalue weighted by Crippen LogP contribution is -2.45. The number of amides is 2. The number of nitrogens with zero attached hydrogens (tertiary/aromatic N) is 2. The van der Waals surface area contributed by atoms with E-state index in [0.717, 1.165) is 30.6 Å². The van der Waals surface area contributed by atoms with Crippen LogP contribution < -0.4 is 4.90 Å². The fourth-order valence-corrected chi connectivity index (χ4v) is 3.79. The van der Waals surface area contributed by atoms with Gasteiger partial charge in [-0.2, -0.15) is 0 Å². The van der Waals surface area contributed by atoms with Crippen molar-refractivity contribution in [3.05, 3.63) is 29.3 Å². The van der Waals surface area contributed by atoms with Gasteiger partial charge in [-0.3, -0.25) is 9.59 Å². The smallest absolute Gasteiger partial charge is 0.228 e. The number of hydrogen-bond donors (Lipinski definition) is 0. The van der Waals surface area contributed by atoms with Crippen LogP contribution in [0.15, 0.2) is 18.2 Å². The molecule has 0 unspecified atom stereocenters. The Morgan fingerprint density at radius 3 is 2.74 bits per heavy atom. The number of piperidine rings is 1. The molecule has 2 heterocycles. The highest BCUT2D eigenvalue weighted by molar-refractivity contribution is 6.01. The largest absolute Gasteiger partial charge is 0.340 e. The average molecular weight is 314 g/mol. The van der Waals surface area contributed by atoms with Gasteiger partial charge in [-0.05, 0) is 57.2 Å². The van der Waals surface area contributed by atoms with Crippen LogP contribution in [-0.4, -0.2) is 35.8 Å². The fourth-order valence-electron chi connectivity index (χ4n) is 3.79. The fraction of sp³-hybridized carbons (Fsp3) is 0.579. The second kappa shape index (κ2) is 6.34. The van der Waals surface area contributed by atoms with Gasteiger partial charge < -0.3 is 9.80 Å². The molecule has 1 aromatic rings. The standard InChI is InChI=1S/C19H26N2O2/c1-13-7-6-9-17(15(13)3)21-12-16(11-18(21)22)19(23)20-10-5-4-8-14(20)2/h6-7,9,14,16H,4-5,8,10-12H2,1-3H3/t14-,16+/m0/s1. The molecule has 2 atom stereocenters. The number of benzene rings is 1. The summed E-state index contributed by atoms with van der Waals surface area (Å²) in [5.41, 5.74) is 3.26. The van der Waals surface area contributed by atoms with Crippen molar-refractivity contribution in [2.75, 3.05) is 18.0 Å². The van der Waals surface area contributed by atoms with Crippen LogP contribution in [0.1, 0.15) is 43.7 Å². The molecular formula is C19H26N2O2. The number of aryl methyl sites for hydroxylation is 1. The number of likely N-dealkylation sites (tertiary alicyclic amines) is 1. The van der Waals surface area contributed by atoms with Gasteiger partial charge in [-0.25, -0.2) is 0 Å². The minimum Gasteiger partial charge on any atom is -0.340 e. The maximum atomic E-state index is 12.8. The van der Waals surface area contributed by atoms with E-state index >= 15 is 0 Å². The lowest BCUT2D eigenvalue weighted by atomic mass is 9.99. The first kappa shape index (κ1) is 16.0. The summed E-state index contributed by atoms with van der Waals surface area (Å²) >= 11 is 0. The molecule has 23 heavy (non-hydrogen) atoms. The maximum Gasteiger partial charge on any atom is 0.228 e. The summed E-state index contributed by atoms with van der Waals surface area (Å²) in [5, 5.41) is 0. The number of carbonyl (C=O) groups is 2. The first-order valence-electron chi connectivity index (χ1n) is 8.66. The summed E-state index contributed by atoms with van der Waals surface area (Å²) in [5.74, 6) is 0.0445. The highest BCUT2D eigenvalue weighted by Crippen LogP contribution is 2.31. The monoisotopic (exact) mass is 314 g/mol. The van der Waals surface area contributed by atoms with Crippen molar-refractivity contribution >= 4 is 17.5 Å². The molecule has 1 aromatic carbocycles. The van der Waals surface area contributed by atoms with Crippen LogP contribution in [0.5, 0.6) is 0 Å². The zero-order valence-electron chi connectivity index (χ0n) is 14.3. The number of carbonyl (C=O) groups excluding carboxylic acids is 2. The van der Waals surface area contributed by atoms with Gasteiger partial charge >= 0.3 is 0 Å². The molecule has 124 valence electrons. The molecule has 4 nitrogen and oxygen atoms in total. The van der Waals surface area contributed by atoms with Gasteiger partial charge in [0.15, 0.2) is 0 Å². The average Bonchev–Trinajstić information content (AvgIpc) is 2.92. The molecule has 0 bridgehead atoms. The molecule has 3 rings (SSSR count). The second-order valence-corrected chi connectivity index (χ2v) is 7.00. The van der Waals surface area contributed by atoms with E-state index in [-0.39, 0.29) is 17.7 Å².